The molecule has 1 aliphatic rings. The van der Waals surface area contributed by atoms with Crippen LogP contribution in [0.1, 0.15) is 6.92 Å². The average Bonchev–Trinajstić information content (AvgIpc) is 1.88. The minimum atomic E-state index is -0.425. The van der Waals surface area contributed by atoms with E-state index in [4.69, 9.17) is 10.9 Å². The quantitative estimate of drug-likeness (QED) is 0.504. The minimum Gasteiger partial charge on any atom is -0.391 e. The van der Waals surface area contributed by atoms with Crippen LogP contribution in [0.4, 0.5) is 0 Å². The van der Waals surface area contributed by atoms with Crippen LogP contribution >= 0.6 is 0 Å². The van der Waals surface area contributed by atoms with Gasteiger partial charge >= 0.3 is 0 Å². The van der Waals surface area contributed by atoms with Crippen LogP contribution < -0.4 is 5.84 Å². The standard InChI is InChI=1S/C7H12N2O/c1-6(10)7-4-2-3-5-9(7)8/h2-7,10H,8H2,1H3/t6-,7-/m0/s1. The van der Waals surface area contributed by atoms with E-state index in [-0.39, 0.29) is 6.04 Å². The lowest BCUT2D eigenvalue weighted by Gasteiger charge is -2.27. The van der Waals surface area contributed by atoms with Gasteiger partial charge in [0.25, 0.3) is 0 Å². The van der Waals surface area contributed by atoms with Crippen molar-refractivity contribution in [3.63, 3.8) is 0 Å². The summed E-state index contributed by atoms with van der Waals surface area (Å²) >= 11 is 0. The molecule has 0 unspecified atom stereocenters. The average molecular weight is 140 g/mol. The molecule has 10 heavy (non-hydrogen) atoms. The third-order valence-electron chi connectivity index (χ3n) is 1.52. The summed E-state index contributed by atoms with van der Waals surface area (Å²) in [6.07, 6.45) is 6.88. The minimum absolute atomic E-state index is 0.0787. The van der Waals surface area contributed by atoms with E-state index < -0.39 is 6.10 Å². The molecule has 0 aromatic rings. The summed E-state index contributed by atoms with van der Waals surface area (Å²) < 4.78 is 0. The fraction of sp³-hybridized carbons (Fsp3) is 0.429. The molecule has 3 heteroatoms. The lowest BCUT2D eigenvalue weighted by atomic mass is 10.1. The van der Waals surface area contributed by atoms with E-state index in [9.17, 15) is 0 Å². The molecule has 0 bridgehead atoms. The van der Waals surface area contributed by atoms with E-state index in [2.05, 4.69) is 0 Å². The number of hydrazine groups is 1. The van der Waals surface area contributed by atoms with Crippen LogP contribution in [0.15, 0.2) is 24.4 Å². The zero-order valence-electron chi connectivity index (χ0n) is 5.94. The molecule has 56 valence electrons. The van der Waals surface area contributed by atoms with Crippen molar-refractivity contribution in [1.82, 2.24) is 5.01 Å². The SMILES string of the molecule is C[C@H](O)[C@@H]1C=CC=CN1N. The fourth-order valence-electron chi connectivity index (χ4n) is 0.936. The Bertz CT molecular complexity index is 163. The van der Waals surface area contributed by atoms with E-state index in [0.29, 0.717) is 0 Å². The summed E-state index contributed by atoms with van der Waals surface area (Å²) in [4.78, 5) is 0. The number of rotatable bonds is 1. The summed E-state index contributed by atoms with van der Waals surface area (Å²) in [5.41, 5.74) is 0. The Morgan fingerprint density at radius 2 is 2.30 bits per heavy atom. The van der Waals surface area contributed by atoms with Gasteiger partial charge in [-0.1, -0.05) is 12.2 Å². The van der Waals surface area contributed by atoms with Crippen LogP contribution in [0, 0.1) is 0 Å². The lowest BCUT2D eigenvalue weighted by Crippen LogP contribution is -2.42. The molecule has 0 aromatic heterocycles. The first kappa shape index (κ1) is 7.31. The van der Waals surface area contributed by atoms with Crippen LogP contribution in [0.2, 0.25) is 0 Å². The van der Waals surface area contributed by atoms with Gasteiger partial charge in [0.15, 0.2) is 0 Å². The highest BCUT2D eigenvalue weighted by Gasteiger charge is 2.15. The molecule has 2 atom stereocenters. The first-order valence-electron chi connectivity index (χ1n) is 3.28. The molecular weight excluding hydrogens is 128 g/mol. The van der Waals surface area contributed by atoms with Crippen LogP contribution in [-0.2, 0) is 0 Å². The van der Waals surface area contributed by atoms with Gasteiger partial charge in [0.05, 0.1) is 12.1 Å². The smallest absolute Gasteiger partial charge is 0.0885 e. The van der Waals surface area contributed by atoms with Crippen LogP contribution in [0.25, 0.3) is 0 Å². The summed E-state index contributed by atoms with van der Waals surface area (Å²) in [6.45, 7) is 1.72. The predicted molar refractivity (Wildman–Crippen MR) is 39.8 cm³/mol. The highest BCUT2D eigenvalue weighted by atomic mass is 16.3. The Morgan fingerprint density at radius 1 is 1.60 bits per heavy atom. The molecule has 0 fully saturated rings. The number of hydrogen-bond acceptors (Lipinski definition) is 3. The molecule has 0 saturated carbocycles. The van der Waals surface area contributed by atoms with E-state index in [1.54, 1.807) is 13.1 Å². The van der Waals surface area contributed by atoms with Crippen LogP contribution in [-0.4, -0.2) is 22.3 Å². The second-order valence-corrected chi connectivity index (χ2v) is 2.40. The largest absolute Gasteiger partial charge is 0.391 e. The number of nitrogens with two attached hydrogens (primary N) is 1. The van der Waals surface area contributed by atoms with E-state index in [0.717, 1.165) is 0 Å². The van der Waals surface area contributed by atoms with Crippen molar-refractivity contribution in [3.8, 4) is 0 Å². The highest BCUT2D eigenvalue weighted by Crippen LogP contribution is 2.06. The van der Waals surface area contributed by atoms with Gasteiger partial charge in [-0.25, -0.2) is 5.84 Å². The van der Waals surface area contributed by atoms with Crippen LogP contribution in [0.5, 0.6) is 0 Å². The second-order valence-electron chi connectivity index (χ2n) is 2.40. The van der Waals surface area contributed by atoms with Gasteiger partial charge in [0, 0.05) is 6.20 Å². The molecule has 0 aliphatic carbocycles. The molecule has 1 rings (SSSR count). The third kappa shape index (κ3) is 1.37. The van der Waals surface area contributed by atoms with Crippen molar-refractivity contribution in [2.24, 2.45) is 5.84 Å². The van der Waals surface area contributed by atoms with Gasteiger partial charge in [-0.2, -0.15) is 0 Å². The molecule has 3 N–H and O–H groups in total. The summed E-state index contributed by atoms with van der Waals surface area (Å²) in [7, 11) is 0. The number of nitrogens with zero attached hydrogens (tertiary/aromatic N) is 1. The first-order chi connectivity index (χ1) is 4.72. The first-order valence-corrected chi connectivity index (χ1v) is 3.28. The van der Waals surface area contributed by atoms with Gasteiger partial charge in [-0.15, -0.1) is 0 Å². The van der Waals surface area contributed by atoms with E-state index >= 15 is 0 Å². The maximum absolute atomic E-state index is 9.14. The Labute approximate surface area is 60.4 Å². The zero-order valence-corrected chi connectivity index (χ0v) is 5.94. The number of allylic oxidation sites excluding steroid dienone is 2. The molecule has 0 aromatic carbocycles. The molecule has 0 amide bonds. The maximum Gasteiger partial charge on any atom is 0.0885 e. The van der Waals surface area contributed by atoms with Crippen molar-refractivity contribution >= 4 is 0 Å². The van der Waals surface area contributed by atoms with Gasteiger partial charge in [-0.3, -0.25) is 0 Å². The Balaban J connectivity index is 2.61. The van der Waals surface area contributed by atoms with E-state index in [1.807, 2.05) is 18.2 Å². The fourth-order valence-corrected chi connectivity index (χ4v) is 0.936. The third-order valence-corrected chi connectivity index (χ3v) is 1.52. The number of hydrogen-bond donors (Lipinski definition) is 2. The highest BCUT2D eigenvalue weighted by molar-refractivity contribution is 5.13. The molecule has 3 nitrogen and oxygen atoms in total. The van der Waals surface area contributed by atoms with Crippen LogP contribution in [0.3, 0.4) is 0 Å². The molecule has 0 spiro atoms. The lowest BCUT2D eigenvalue weighted by molar-refractivity contribution is 0.112. The van der Waals surface area contributed by atoms with Gasteiger partial charge in [0.2, 0.25) is 0 Å². The van der Waals surface area contributed by atoms with Gasteiger partial charge < -0.3 is 10.1 Å². The Morgan fingerprint density at radius 3 is 2.70 bits per heavy atom. The molecular formula is C7H12N2O. The van der Waals surface area contributed by atoms with Crippen molar-refractivity contribution < 1.29 is 5.11 Å². The monoisotopic (exact) mass is 140 g/mol. The van der Waals surface area contributed by atoms with Crippen molar-refractivity contribution in [2.75, 3.05) is 0 Å². The summed E-state index contributed by atoms with van der Waals surface area (Å²) in [5.74, 6) is 5.52. The number of aliphatic hydroxyl groups excluding tert-OH is 1. The Hall–Kier alpha value is -0.800. The topological polar surface area (TPSA) is 49.5 Å². The van der Waals surface area contributed by atoms with Gasteiger partial charge in [-0.05, 0) is 13.0 Å². The second kappa shape index (κ2) is 2.86. The molecule has 1 heterocycles. The number of aliphatic hydroxyl groups is 1. The van der Waals surface area contributed by atoms with Gasteiger partial charge in [0.1, 0.15) is 0 Å². The van der Waals surface area contributed by atoms with Crippen molar-refractivity contribution in [1.29, 1.82) is 0 Å². The zero-order chi connectivity index (χ0) is 7.56. The molecule has 1 aliphatic heterocycles. The normalized spacial score (nSPS) is 27.1. The summed E-state index contributed by atoms with van der Waals surface area (Å²) in [5, 5.41) is 10.6. The molecule has 0 saturated heterocycles. The van der Waals surface area contributed by atoms with Crippen molar-refractivity contribution in [2.45, 2.75) is 19.1 Å². The van der Waals surface area contributed by atoms with Crippen molar-refractivity contribution in [3.05, 3.63) is 24.4 Å². The summed E-state index contributed by atoms with van der Waals surface area (Å²) in [6, 6.07) is -0.0787. The molecule has 0 radical (unpaired) electrons. The van der Waals surface area contributed by atoms with E-state index in [1.165, 1.54) is 5.01 Å². The Kier molecular flexibility index (Phi) is 2.09. The maximum atomic E-state index is 9.14. The predicted octanol–water partition coefficient (Wildman–Crippen LogP) is -0.00500.